The first-order valence-electron chi connectivity index (χ1n) is 5.37. The highest BCUT2D eigenvalue weighted by molar-refractivity contribution is 5.17. The lowest BCUT2D eigenvalue weighted by Gasteiger charge is -2.08. The summed E-state index contributed by atoms with van der Waals surface area (Å²) in [5, 5.41) is 3.27. The van der Waals surface area contributed by atoms with Crippen molar-refractivity contribution < 1.29 is 4.74 Å². The maximum atomic E-state index is 5.53. The van der Waals surface area contributed by atoms with E-state index in [1.165, 1.54) is 0 Å². The van der Waals surface area contributed by atoms with Crippen LogP contribution in [-0.2, 0) is 0 Å². The zero-order chi connectivity index (χ0) is 11.1. The Morgan fingerprint density at radius 3 is 2.87 bits per heavy atom. The maximum absolute atomic E-state index is 5.53. The Hall–Kier alpha value is -1.16. The van der Waals surface area contributed by atoms with E-state index in [-0.39, 0.29) is 0 Å². The van der Waals surface area contributed by atoms with Crippen LogP contribution in [0.15, 0.2) is 6.20 Å². The minimum atomic E-state index is 0.638. The van der Waals surface area contributed by atoms with Crippen LogP contribution in [0.4, 0.5) is 0 Å². The van der Waals surface area contributed by atoms with Crippen LogP contribution in [0.5, 0.6) is 5.88 Å². The summed E-state index contributed by atoms with van der Waals surface area (Å²) in [6.45, 7) is 8.48. The van der Waals surface area contributed by atoms with Crippen molar-refractivity contribution in [2.45, 2.75) is 27.2 Å². The third-order valence-electron chi connectivity index (χ3n) is 1.98. The van der Waals surface area contributed by atoms with Gasteiger partial charge in [-0.15, -0.1) is 0 Å². The summed E-state index contributed by atoms with van der Waals surface area (Å²) in [6, 6.07) is 0. The molecule has 4 heteroatoms. The van der Waals surface area contributed by atoms with Crippen molar-refractivity contribution in [3.8, 4) is 5.88 Å². The zero-order valence-electron chi connectivity index (χ0n) is 9.71. The van der Waals surface area contributed by atoms with Crippen LogP contribution in [0.2, 0.25) is 0 Å². The molecule has 0 aromatic carbocycles. The zero-order valence-corrected chi connectivity index (χ0v) is 9.71. The molecule has 1 heterocycles. The van der Waals surface area contributed by atoms with E-state index >= 15 is 0 Å². The lowest BCUT2D eigenvalue weighted by atomic mass is 10.4. The number of ether oxygens (including phenoxy) is 1. The summed E-state index contributed by atoms with van der Waals surface area (Å²) in [6.07, 6.45) is 2.89. The molecule has 0 spiro atoms. The minimum absolute atomic E-state index is 0.638. The van der Waals surface area contributed by atoms with Crippen molar-refractivity contribution in [1.29, 1.82) is 0 Å². The van der Waals surface area contributed by atoms with E-state index in [0.717, 1.165) is 30.9 Å². The van der Waals surface area contributed by atoms with Crippen molar-refractivity contribution in [3.63, 3.8) is 0 Å². The van der Waals surface area contributed by atoms with Gasteiger partial charge >= 0.3 is 0 Å². The molecule has 1 N–H and O–H groups in total. The molecule has 0 aliphatic heterocycles. The number of nitrogens with zero attached hydrogens (tertiary/aromatic N) is 2. The second-order valence-electron chi connectivity index (χ2n) is 3.50. The normalized spacial score (nSPS) is 10.3. The highest BCUT2D eigenvalue weighted by Crippen LogP contribution is 2.10. The van der Waals surface area contributed by atoms with Crippen LogP contribution < -0.4 is 10.1 Å². The first-order valence-corrected chi connectivity index (χ1v) is 5.37. The Kier molecular flexibility index (Phi) is 5.04. The first-order chi connectivity index (χ1) is 7.24. The van der Waals surface area contributed by atoms with Gasteiger partial charge < -0.3 is 10.1 Å². The summed E-state index contributed by atoms with van der Waals surface area (Å²) < 4.78 is 5.53. The van der Waals surface area contributed by atoms with Gasteiger partial charge in [0.2, 0.25) is 5.88 Å². The Morgan fingerprint density at radius 2 is 2.13 bits per heavy atom. The summed E-state index contributed by atoms with van der Waals surface area (Å²) in [5.74, 6) is 0.647. The van der Waals surface area contributed by atoms with Gasteiger partial charge in [-0.1, -0.05) is 6.92 Å². The summed E-state index contributed by atoms with van der Waals surface area (Å²) in [5.41, 5.74) is 1.73. The fourth-order valence-electron chi connectivity index (χ4n) is 1.17. The van der Waals surface area contributed by atoms with Gasteiger partial charge in [0.25, 0.3) is 0 Å². The number of nitrogens with one attached hydrogen (secondary N) is 1. The van der Waals surface area contributed by atoms with Gasteiger partial charge in [-0.2, -0.15) is 0 Å². The predicted octanol–water partition coefficient (Wildman–Crippen LogP) is 1.47. The van der Waals surface area contributed by atoms with Gasteiger partial charge in [-0.25, -0.2) is 4.98 Å². The van der Waals surface area contributed by atoms with E-state index in [2.05, 4.69) is 22.2 Å². The molecule has 0 fully saturated rings. The molecular formula is C11H19N3O. The van der Waals surface area contributed by atoms with E-state index in [1.807, 2.05) is 13.8 Å². The van der Waals surface area contributed by atoms with Crippen molar-refractivity contribution >= 4 is 0 Å². The van der Waals surface area contributed by atoms with Gasteiger partial charge in [-0.05, 0) is 26.8 Å². The molecule has 0 aliphatic carbocycles. The average molecular weight is 209 g/mol. The van der Waals surface area contributed by atoms with Crippen molar-refractivity contribution in [3.05, 3.63) is 17.6 Å². The van der Waals surface area contributed by atoms with Gasteiger partial charge in [0.15, 0.2) is 0 Å². The summed E-state index contributed by atoms with van der Waals surface area (Å²) in [4.78, 5) is 8.46. The van der Waals surface area contributed by atoms with Gasteiger partial charge in [0.05, 0.1) is 11.4 Å². The number of aryl methyl sites for hydroxylation is 2. The van der Waals surface area contributed by atoms with Crippen molar-refractivity contribution in [2.75, 3.05) is 19.7 Å². The average Bonchev–Trinajstić information content (AvgIpc) is 2.23. The molecule has 4 nitrogen and oxygen atoms in total. The third kappa shape index (κ3) is 4.25. The largest absolute Gasteiger partial charge is 0.475 e. The summed E-state index contributed by atoms with van der Waals surface area (Å²) >= 11 is 0. The van der Waals surface area contributed by atoms with Gasteiger partial charge in [0, 0.05) is 12.7 Å². The molecule has 15 heavy (non-hydrogen) atoms. The van der Waals surface area contributed by atoms with Crippen LogP contribution in [0, 0.1) is 13.8 Å². The minimum Gasteiger partial charge on any atom is -0.475 e. The van der Waals surface area contributed by atoms with Crippen LogP contribution in [0.3, 0.4) is 0 Å². The molecule has 0 radical (unpaired) electrons. The highest BCUT2D eigenvalue weighted by atomic mass is 16.5. The fraction of sp³-hybridized carbons (Fsp3) is 0.636. The number of aromatic nitrogens is 2. The van der Waals surface area contributed by atoms with Gasteiger partial charge in [0.1, 0.15) is 6.61 Å². The molecule has 0 aliphatic rings. The number of hydrogen-bond acceptors (Lipinski definition) is 4. The lowest BCUT2D eigenvalue weighted by molar-refractivity contribution is 0.298. The maximum Gasteiger partial charge on any atom is 0.235 e. The quantitative estimate of drug-likeness (QED) is 0.721. The predicted molar refractivity (Wildman–Crippen MR) is 60.2 cm³/mol. The Balaban J connectivity index is 2.33. The van der Waals surface area contributed by atoms with E-state index in [4.69, 9.17) is 4.74 Å². The van der Waals surface area contributed by atoms with Crippen LogP contribution in [-0.4, -0.2) is 29.7 Å². The first kappa shape index (κ1) is 11.9. The van der Waals surface area contributed by atoms with Gasteiger partial charge in [-0.3, -0.25) is 4.98 Å². The van der Waals surface area contributed by atoms with Crippen LogP contribution in [0.1, 0.15) is 24.7 Å². The smallest absolute Gasteiger partial charge is 0.235 e. The Bertz CT molecular complexity index is 302. The molecule has 84 valence electrons. The molecule has 0 saturated heterocycles. The molecule has 0 amide bonds. The fourth-order valence-corrected chi connectivity index (χ4v) is 1.17. The van der Waals surface area contributed by atoms with E-state index in [0.29, 0.717) is 12.5 Å². The van der Waals surface area contributed by atoms with E-state index in [9.17, 15) is 0 Å². The standard InChI is InChI=1S/C11H19N3O/c1-4-5-12-6-7-15-11-10(3)13-8-9(2)14-11/h8,12H,4-7H2,1-3H3. The molecule has 0 saturated carbocycles. The Morgan fingerprint density at radius 1 is 1.33 bits per heavy atom. The summed E-state index contributed by atoms with van der Waals surface area (Å²) in [7, 11) is 0. The molecule has 1 rings (SSSR count). The van der Waals surface area contributed by atoms with Crippen molar-refractivity contribution in [2.24, 2.45) is 0 Å². The molecule has 1 aromatic rings. The molecule has 0 unspecified atom stereocenters. The molecule has 0 atom stereocenters. The second-order valence-corrected chi connectivity index (χ2v) is 3.50. The SMILES string of the molecule is CCCNCCOc1nc(C)cnc1C. The number of hydrogen-bond donors (Lipinski definition) is 1. The topological polar surface area (TPSA) is 47.0 Å². The highest BCUT2D eigenvalue weighted by Gasteiger charge is 2.02. The molecule has 1 aromatic heterocycles. The van der Waals surface area contributed by atoms with Crippen LogP contribution >= 0.6 is 0 Å². The Labute approximate surface area is 91.1 Å². The van der Waals surface area contributed by atoms with Crippen LogP contribution in [0.25, 0.3) is 0 Å². The lowest BCUT2D eigenvalue weighted by Crippen LogP contribution is -2.22. The molecule has 0 bridgehead atoms. The van der Waals surface area contributed by atoms with E-state index in [1.54, 1.807) is 6.20 Å². The second kappa shape index (κ2) is 6.35. The van der Waals surface area contributed by atoms with Crippen molar-refractivity contribution in [1.82, 2.24) is 15.3 Å². The monoisotopic (exact) mass is 209 g/mol. The number of rotatable bonds is 6. The van der Waals surface area contributed by atoms with E-state index < -0.39 is 0 Å². The third-order valence-corrected chi connectivity index (χ3v) is 1.98. The molecular weight excluding hydrogens is 190 g/mol.